The van der Waals surface area contributed by atoms with Crippen molar-refractivity contribution in [2.45, 2.75) is 20.4 Å². The Labute approximate surface area is 155 Å². The predicted molar refractivity (Wildman–Crippen MR) is 101 cm³/mol. The molecule has 26 heavy (non-hydrogen) atoms. The molecule has 1 amide bonds. The molecule has 0 aliphatic carbocycles. The minimum atomic E-state index is -0.485. The first kappa shape index (κ1) is 18.1. The summed E-state index contributed by atoms with van der Waals surface area (Å²) in [6.45, 7) is 4.11. The Bertz CT molecular complexity index is 924. The number of hydrogen-bond donors (Lipinski definition) is 1. The van der Waals surface area contributed by atoms with Gasteiger partial charge in [0.15, 0.2) is 18.2 Å². The van der Waals surface area contributed by atoms with E-state index < -0.39 is 5.82 Å². The SMILES string of the molecule is Cc1ccccc1-c1nc(C)c(CNC(=O)COc2ccccc2F)s1. The number of aryl methyl sites for hydroxylation is 2. The van der Waals surface area contributed by atoms with Gasteiger partial charge in [-0.25, -0.2) is 9.37 Å². The Morgan fingerprint density at radius 3 is 2.65 bits per heavy atom. The van der Waals surface area contributed by atoms with Crippen molar-refractivity contribution >= 4 is 17.2 Å². The standard InChI is InChI=1S/C20H19FN2O2S/c1-13-7-3-4-8-15(13)20-23-14(2)18(26-20)11-22-19(24)12-25-17-10-6-5-9-16(17)21/h3-10H,11-12H2,1-2H3,(H,22,24). The summed E-state index contributed by atoms with van der Waals surface area (Å²) >= 11 is 1.56. The van der Waals surface area contributed by atoms with Gasteiger partial charge in [-0.2, -0.15) is 0 Å². The Balaban J connectivity index is 1.59. The third kappa shape index (κ3) is 4.26. The van der Waals surface area contributed by atoms with E-state index in [9.17, 15) is 9.18 Å². The highest BCUT2D eigenvalue weighted by Gasteiger charge is 2.12. The van der Waals surface area contributed by atoms with Crippen LogP contribution in [-0.2, 0) is 11.3 Å². The summed E-state index contributed by atoms with van der Waals surface area (Å²) in [5, 5.41) is 3.73. The Hall–Kier alpha value is -2.73. The van der Waals surface area contributed by atoms with Crippen molar-refractivity contribution in [3.8, 4) is 16.3 Å². The molecule has 0 radical (unpaired) electrons. The number of amides is 1. The molecule has 0 bridgehead atoms. The van der Waals surface area contributed by atoms with E-state index in [-0.39, 0.29) is 18.3 Å². The zero-order chi connectivity index (χ0) is 18.5. The molecule has 0 aliphatic heterocycles. The number of carbonyl (C=O) groups excluding carboxylic acids is 1. The van der Waals surface area contributed by atoms with Crippen LogP contribution in [0.3, 0.4) is 0 Å². The second-order valence-electron chi connectivity index (χ2n) is 5.84. The zero-order valence-corrected chi connectivity index (χ0v) is 15.4. The Kier molecular flexibility index (Phi) is 5.63. The molecule has 3 rings (SSSR count). The summed E-state index contributed by atoms with van der Waals surface area (Å²) in [6.07, 6.45) is 0. The Morgan fingerprint density at radius 2 is 1.88 bits per heavy atom. The zero-order valence-electron chi connectivity index (χ0n) is 14.6. The van der Waals surface area contributed by atoms with Gasteiger partial charge >= 0.3 is 0 Å². The monoisotopic (exact) mass is 370 g/mol. The van der Waals surface area contributed by atoms with Gasteiger partial charge in [-0.1, -0.05) is 36.4 Å². The quantitative estimate of drug-likeness (QED) is 0.705. The molecule has 4 nitrogen and oxygen atoms in total. The fourth-order valence-corrected chi connectivity index (χ4v) is 3.55. The van der Waals surface area contributed by atoms with Gasteiger partial charge in [-0.05, 0) is 31.5 Å². The van der Waals surface area contributed by atoms with E-state index in [2.05, 4.69) is 10.3 Å². The molecule has 0 spiro atoms. The second kappa shape index (κ2) is 8.10. The molecule has 134 valence electrons. The highest BCUT2D eigenvalue weighted by molar-refractivity contribution is 7.15. The molecule has 1 aromatic heterocycles. The maximum atomic E-state index is 13.5. The number of nitrogens with one attached hydrogen (secondary N) is 1. The molecule has 6 heteroatoms. The molecular weight excluding hydrogens is 351 g/mol. The van der Waals surface area contributed by atoms with Crippen LogP contribution >= 0.6 is 11.3 Å². The molecule has 0 unspecified atom stereocenters. The molecule has 0 saturated carbocycles. The maximum Gasteiger partial charge on any atom is 0.258 e. The van der Waals surface area contributed by atoms with Crippen molar-refractivity contribution in [3.63, 3.8) is 0 Å². The van der Waals surface area contributed by atoms with Crippen LogP contribution in [0.25, 0.3) is 10.6 Å². The predicted octanol–water partition coefficient (Wildman–Crippen LogP) is 4.26. The molecule has 0 fully saturated rings. The molecule has 0 saturated heterocycles. The number of rotatable bonds is 6. The highest BCUT2D eigenvalue weighted by Crippen LogP contribution is 2.29. The number of benzene rings is 2. The van der Waals surface area contributed by atoms with Crippen LogP contribution in [0.2, 0.25) is 0 Å². The van der Waals surface area contributed by atoms with E-state index in [1.807, 2.05) is 38.1 Å². The van der Waals surface area contributed by atoms with Gasteiger partial charge in [0.05, 0.1) is 12.2 Å². The smallest absolute Gasteiger partial charge is 0.258 e. The third-order valence-corrected chi connectivity index (χ3v) is 5.10. The van der Waals surface area contributed by atoms with Gasteiger partial charge < -0.3 is 10.1 Å². The van der Waals surface area contributed by atoms with Gasteiger partial charge in [0.25, 0.3) is 5.91 Å². The number of nitrogens with zero attached hydrogens (tertiary/aromatic N) is 1. The number of carbonyl (C=O) groups is 1. The lowest BCUT2D eigenvalue weighted by Crippen LogP contribution is -2.28. The van der Waals surface area contributed by atoms with E-state index >= 15 is 0 Å². The largest absolute Gasteiger partial charge is 0.481 e. The van der Waals surface area contributed by atoms with Crippen molar-refractivity contribution < 1.29 is 13.9 Å². The maximum absolute atomic E-state index is 13.5. The summed E-state index contributed by atoms with van der Waals surface area (Å²) in [5.74, 6) is -0.724. The summed E-state index contributed by atoms with van der Waals surface area (Å²) in [4.78, 5) is 17.6. The van der Waals surface area contributed by atoms with Crippen LogP contribution in [0.4, 0.5) is 4.39 Å². The van der Waals surface area contributed by atoms with Crippen molar-refractivity contribution in [1.29, 1.82) is 0 Å². The minimum Gasteiger partial charge on any atom is -0.481 e. The second-order valence-corrected chi connectivity index (χ2v) is 6.92. The number of halogens is 1. The van der Waals surface area contributed by atoms with Crippen molar-refractivity contribution in [3.05, 3.63) is 70.5 Å². The first-order valence-corrected chi connectivity index (χ1v) is 9.02. The lowest BCUT2D eigenvalue weighted by Gasteiger charge is -2.07. The van der Waals surface area contributed by atoms with Gasteiger partial charge in [-0.15, -0.1) is 11.3 Å². The molecule has 2 aromatic carbocycles. The van der Waals surface area contributed by atoms with Gasteiger partial charge in [0, 0.05) is 10.4 Å². The Morgan fingerprint density at radius 1 is 1.15 bits per heavy atom. The third-order valence-electron chi connectivity index (χ3n) is 3.91. The first-order chi connectivity index (χ1) is 12.5. The van der Waals surface area contributed by atoms with E-state index in [1.165, 1.54) is 12.1 Å². The molecule has 3 aromatic rings. The minimum absolute atomic E-state index is 0.0680. The van der Waals surface area contributed by atoms with Gasteiger partial charge in [-0.3, -0.25) is 4.79 Å². The lowest BCUT2D eigenvalue weighted by molar-refractivity contribution is -0.123. The molecule has 1 N–H and O–H groups in total. The van der Waals surface area contributed by atoms with Crippen LogP contribution in [0.15, 0.2) is 48.5 Å². The first-order valence-electron chi connectivity index (χ1n) is 8.21. The van der Waals surface area contributed by atoms with E-state index in [0.717, 1.165) is 26.7 Å². The van der Waals surface area contributed by atoms with Crippen LogP contribution in [0, 0.1) is 19.7 Å². The molecule has 0 aliphatic rings. The molecule has 1 heterocycles. The number of para-hydroxylation sites is 1. The average molecular weight is 370 g/mol. The topological polar surface area (TPSA) is 51.2 Å². The van der Waals surface area contributed by atoms with E-state index in [4.69, 9.17) is 4.74 Å². The summed E-state index contributed by atoms with van der Waals surface area (Å²) in [7, 11) is 0. The van der Waals surface area contributed by atoms with Crippen molar-refractivity contribution in [1.82, 2.24) is 10.3 Å². The fraction of sp³-hybridized carbons (Fsp3) is 0.200. The highest BCUT2D eigenvalue weighted by atomic mass is 32.1. The summed E-state index contributed by atoms with van der Waals surface area (Å²) in [6, 6.07) is 14.1. The van der Waals surface area contributed by atoms with Gasteiger partial charge in [0.2, 0.25) is 0 Å². The van der Waals surface area contributed by atoms with Crippen LogP contribution in [-0.4, -0.2) is 17.5 Å². The number of thiazole rings is 1. The molecular formula is C20H19FN2O2S. The van der Waals surface area contributed by atoms with Crippen LogP contribution in [0.1, 0.15) is 16.1 Å². The number of ether oxygens (including phenoxy) is 1. The number of hydrogen-bond acceptors (Lipinski definition) is 4. The van der Waals surface area contributed by atoms with E-state index in [1.54, 1.807) is 23.5 Å². The number of aromatic nitrogens is 1. The van der Waals surface area contributed by atoms with Gasteiger partial charge in [0.1, 0.15) is 5.01 Å². The van der Waals surface area contributed by atoms with Crippen LogP contribution in [0.5, 0.6) is 5.75 Å². The lowest BCUT2D eigenvalue weighted by atomic mass is 10.1. The normalized spacial score (nSPS) is 10.6. The average Bonchev–Trinajstić information content (AvgIpc) is 3.00. The summed E-state index contributed by atoms with van der Waals surface area (Å²) in [5.41, 5.74) is 3.15. The van der Waals surface area contributed by atoms with Crippen LogP contribution < -0.4 is 10.1 Å². The van der Waals surface area contributed by atoms with Crippen molar-refractivity contribution in [2.24, 2.45) is 0 Å². The fourth-order valence-electron chi connectivity index (χ4n) is 2.46. The molecule has 0 atom stereocenters. The van der Waals surface area contributed by atoms with Crippen molar-refractivity contribution in [2.75, 3.05) is 6.61 Å². The van der Waals surface area contributed by atoms with E-state index in [0.29, 0.717) is 6.54 Å². The summed E-state index contributed by atoms with van der Waals surface area (Å²) < 4.78 is 18.7.